The lowest BCUT2D eigenvalue weighted by molar-refractivity contribution is 0.0756. The molecule has 1 N–H and O–H groups in total. The van der Waals surface area contributed by atoms with Gasteiger partial charge in [-0.05, 0) is 44.0 Å². The first-order chi connectivity index (χ1) is 16.1. The third-order valence-electron chi connectivity index (χ3n) is 6.33. The number of hydrogen-bond acceptors (Lipinski definition) is 5. The summed E-state index contributed by atoms with van der Waals surface area (Å²) in [5.41, 5.74) is 2.62. The highest BCUT2D eigenvalue weighted by Crippen LogP contribution is 2.41. The molecule has 0 atom stereocenters. The Morgan fingerprint density at radius 2 is 1.73 bits per heavy atom. The summed E-state index contributed by atoms with van der Waals surface area (Å²) in [4.78, 5) is 21.0. The van der Waals surface area contributed by atoms with E-state index in [0.29, 0.717) is 28.5 Å². The predicted molar refractivity (Wildman–Crippen MR) is 130 cm³/mol. The molecule has 3 aromatic rings. The van der Waals surface area contributed by atoms with Gasteiger partial charge in [0.05, 0.1) is 26.8 Å². The molecule has 1 amide bonds. The summed E-state index contributed by atoms with van der Waals surface area (Å²) < 4.78 is 16.5. The number of carbonyl (C=O) groups excluding carboxylic acids is 1. The monoisotopic (exact) mass is 451 g/mol. The zero-order valence-corrected chi connectivity index (χ0v) is 19.7. The van der Waals surface area contributed by atoms with Crippen LogP contribution in [0.4, 0.5) is 0 Å². The molecule has 0 aliphatic carbocycles. The SMILES string of the molecule is COc1cc(OC)c2cc(C(=O)N3CCCN(CCCc4ccccc4)CC3)[nH]c2c1OC. The first-order valence-electron chi connectivity index (χ1n) is 11.5. The Morgan fingerprint density at radius 3 is 2.45 bits per heavy atom. The van der Waals surface area contributed by atoms with Crippen molar-refractivity contribution in [3.8, 4) is 17.2 Å². The van der Waals surface area contributed by atoms with Crippen LogP contribution < -0.4 is 14.2 Å². The van der Waals surface area contributed by atoms with Crippen molar-refractivity contribution in [2.24, 2.45) is 0 Å². The van der Waals surface area contributed by atoms with Gasteiger partial charge in [-0.15, -0.1) is 0 Å². The number of hydrogen-bond donors (Lipinski definition) is 1. The third-order valence-corrected chi connectivity index (χ3v) is 6.33. The van der Waals surface area contributed by atoms with Crippen LogP contribution in [-0.2, 0) is 6.42 Å². The van der Waals surface area contributed by atoms with E-state index in [2.05, 4.69) is 40.2 Å². The van der Waals surface area contributed by atoms with Gasteiger partial charge >= 0.3 is 0 Å². The normalized spacial score (nSPS) is 14.8. The topological polar surface area (TPSA) is 67.0 Å². The molecule has 1 aliphatic heterocycles. The van der Waals surface area contributed by atoms with Crippen molar-refractivity contribution in [2.75, 3.05) is 54.1 Å². The van der Waals surface area contributed by atoms with E-state index in [1.807, 2.05) is 11.0 Å². The van der Waals surface area contributed by atoms with E-state index in [-0.39, 0.29) is 5.91 Å². The molecule has 33 heavy (non-hydrogen) atoms. The van der Waals surface area contributed by atoms with Gasteiger partial charge in [-0.1, -0.05) is 30.3 Å². The second-order valence-corrected chi connectivity index (χ2v) is 8.36. The molecule has 0 saturated carbocycles. The average molecular weight is 452 g/mol. The molecule has 176 valence electrons. The molecular weight excluding hydrogens is 418 g/mol. The molecule has 0 unspecified atom stereocenters. The van der Waals surface area contributed by atoms with Crippen molar-refractivity contribution in [2.45, 2.75) is 19.3 Å². The maximum Gasteiger partial charge on any atom is 0.270 e. The van der Waals surface area contributed by atoms with Crippen molar-refractivity contribution in [3.05, 3.63) is 53.7 Å². The minimum atomic E-state index is 0.000378. The van der Waals surface area contributed by atoms with E-state index < -0.39 is 0 Å². The predicted octanol–water partition coefficient (Wildman–Crippen LogP) is 3.97. The molecule has 7 nitrogen and oxygen atoms in total. The second-order valence-electron chi connectivity index (χ2n) is 8.36. The molecule has 2 aromatic carbocycles. The Kier molecular flexibility index (Phi) is 7.40. The number of methoxy groups -OCH3 is 3. The van der Waals surface area contributed by atoms with Gasteiger partial charge in [0.1, 0.15) is 11.4 Å². The number of aromatic nitrogens is 1. The highest BCUT2D eigenvalue weighted by atomic mass is 16.5. The fourth-order valence-corrected chi connectivity index (χ4v) is 4.57. The first kappa shape index (κ1) is 23.0. The number of nitrogens with zero attached hydrogens (tertiary/aromatic N) is 2. The van der Waals surface area contributed by atoms with Gasteiger partial charge in [0.25, 0.3) is 5.91 Å². The molecule has 7 heteroatoms. The van der Waals surface area contributed by atoms with Crippen LogP contribution in [0.3, 0.4) is 0 Å². The highest BCUT2D eigenvalue weighted by Gasteiger charge is 2.24. The van der Waals surface area contributed by atoms with Gasteiger partial charge in [0, 0.05) is 31.1 Å². The molecule has 0 spiro atoms. The summed E-state index contributed by atoms with van der Waals surface area (Å²) in [6.07, 6.45) is 3.18. The van der Waals surface area contributed by atoms with E-state index in [1.54, 1.807) is 27.4 Å². The van der Waals surface area contributed by atoms with Crippen LogP contribution in [0, 0.1) is 0 Å². The Balaban J connectivity index is 1.42. The lowest BCUT2D eigenvalue weighted by Gasteiger charge is -2.21. The molecule has 1 saturated heterocycles. The Bertz CT molecular complexity index is 1080. The van der Waals surface area contributed by atoms with E-state index in [9.17, 15) is 4.79 Å². The number of ether oxygens (including phenoxy) is 3. The van der Waals surface area contributed by atoms with Crippen molar-refractivity contribution < 1.29 is 19.0 Å². The van der Waals surface area contributed by atoms with Gasteiger partial charge in [0.2, 0.25) is 0 Å². The molecule has 0 radical (unpaired) electrons. The highest BCUT2D eigenvalue weighted by molar-refractivity contribution is 6.02. The van der Waals surface area contributed by atoms with Crippen LogP contribution in [0.25, 0.3) is 10.9 Å². The Labute approximate surface area is 195 Å². The number of aromatic amines is 1. The summed E-state index contributed by atoms with van der Waals surface area (Å²) in [7, 11) is 4.78. The Morgan fingerprint density at radius 1 is 0.939 bits per heavy atom. The summed E-state index contributed by atoms with van der Waals surface area (Å²) in [6, 6.07) is 14.2. The standard InChI is InChI=1S/C26H33N3O4/c1-31-22-18-23(32-2)25(33-3)24-20(22)17-21(27-24)26(30)29-14-8-13-28(15-16-29)12-7-11-19-9-5-4-6-10-19/h4-6,9-10,17-18,27H,7-8,11-16H2,1-3H3. The van der Waals surface area contributed by atoms with Crippen molar-refractivity contribution in [1.82, 2.24) is 14.8 Å². The minimum Gasteiger partial charge on any atom is -0.496 e. The lowest BCUT2D eigenvalue weighted by Crippen LogP contribution is -2.35. The van der Waals surface area contributed by atoms with E-state index in [0.717, 1.165) is 57.4 Å². The maximum atomic E-state index is 13.3. The van der Waals surface area contributed by atoms with Crippen LogP contribution >= 0.6 is 0 Å². The number of fused-ring (bicyclic) bond motifs is 1. The van der Waals surface area contributed by atoms with Crippen molar-refractivity contribution in [1.29, 1.82) is 0 Å². The largest absolute Gasteiger partial charge is 0.496 e. The van der Waals surface area contributed by atoms with Gasteiger partial charge in [-0.25, -0.2) is 0 Å². The fraction of sp³-hybridized carbons (Fsp3) is 0.423. The van der Waals surface area contributed by atoms with Crippen LogP contribution in [0.1, 0.15) is 28.9 Å². The Hall–Kier alpha value is -3.19. The van der Waals surface area contributed by atoms with Crippen molar-refractivity contribution >= 4 is 16.8 Å². The van der Waals surface area contributed by atoms with Crippen LogP contribution in [0.15, 0.2) is 42.5 Å². The van der Waals surface area contributed by atoms with Gasteiger partial charge in [-0.3, -0.25) is 4.79 Å². The number of H-pyrrole nitrogens is 1. The van der Waals surface area contributed by atoms with Gasteiger partial charge < -0.3 is 29.0 Å². The summed E-state index contributed by atoms with van der Waals surface area (Å²) in [6.45, 7) is 4.43. The number of aryl methyl sites for hydroxylation is 1. The number of rotatable bonds is 8. The number of amides is 1. The second kappa shape index (κ2) is 10.6. The van der Waals surface area contributed by atoms with E-state index in [1.165, 1.54) is 5.56 Å². The zero-order valence-electron chi connectivity index (χ0n) is 19.7. The number of nitrogens with one attached hydrogen (secondary N) is 1. The lowest BCUT2D eigenvalue weighted by atomic mass is 10.1. The van der Waals surface area contributed by atoms with Crippen LogP contribution in [-0.4, -0.2) is 74.7 Å². The quantitative estimate of drug-likeness (QED) is 0.561. The van der Waals surface area contributed by atoms with Crippen LogP contribution in [0.2, 0.25) is 0 Å². The summed E-state index contributed by atoms with van der Waals surface area (Å²) in [5.74, 6) is 1.76. The summed E-state index contributed by atoms with van der Waals surface area (Å²) >= 11 is 0. The zero-order chi connectivity index (χ0) is 23.2. The summed E-state index contributed by atoms with van der Waals surface area (Å²) in [5, 5.41) is 0.802. The minimum absolute atomic E-state index is 0.000378. The first-order valence-corrected chi connectivity index (χ1v) is 11.5. The maximum absolute atomic E-state index is 13.3. The molecule has 1 fully saturated rings. The van der Waals surface area contributed by atoms with Gasteiger partial charge in [0.15, 0.2) is 11.5 Å². The molecule has 4 rings (SSSR count). The van der Waals surface area contributed by atoms with E-state index in [4.69, 9.17) is 14.2 Å². The number of carbonyl (C=O) groups is 1. The van der Waals surface area contributed by atoms with E-state index >= 15 is 0 Å². The molecule has 0 bridgehead atoms. The molecule has 1 aromatic heterocycles. The van der Waals surface area contributed by atoms with Gasteiger partial charge in [-0.2, -0.15) is 0 Å². The molecule has 1 aliphatic rings. The molecule has 2 heterocycles. The van der Waals surface area contributed by atoms with Crippen molar-refractivity contribution in [3.63, 3.8) is 0 Å². The number of benzene rings is 2. The third kappa shape index (κ3) is 5.09. The molecular formula is C26H33N3O4. The van der Waals surface area contributed by atoms with Crippen LogP contribution in [0.5, 0.6) is 17.2 Å². The average Bonchev–Trinajstić information content (AvgIpc) is 3.16. The smallest absolute Gasteiger partial charge is 0.270 e. The fourth-order valence-electron chi connectivity index (χ4n) is 4.57.